The van der Waals surface area contributed by atoms with Crippen molar-refractivity contribution in [2.24, 2.45) is 5.10 Å². The van der Waals surface area contributed by atoms with Crippen molar-refractivity contribution in [1.29, 1.82) is 5.26 Å². The SMILES string of the molecule is N#CCC1=NN(c2ccccc2Br)C(=O)C1. The smallest absolute Gasteiger partial charge is 0.253 e. The number of para-hydroxylation sites is 1. The monoisotopic (exact) mass is 277 g/mol. The minimum Gasteiger partial charge on any atom is -0.272 e. The van der Waals surface area contributed by atoms with Gasteiger partial charge in [0.2, 0.25) is 0 Å². The molecule has 0 N–H and O–H groups in total. The molecule has 2 rings (SSSR count). The highest BCUT2D eigenvalue weighted by molar-refractivity contribution is 9.10. The molecule has 1 aliphatic heterocycles. The van der Waals surface area contributed by atoms with Crippen molar-refractivity contribution in [2.75, 3.05) is 5.01 Å². The fourth-order valence-electron chi connectivity index (χ4n) is 1.48. The highest BCUT2D eigenvalue weighted by Gasteiger charge is 2.25. The number of hydrogen-bond acceptors (Lipinski definition) is 3. The first-order valence-electron chi connectivity index (χ1n) is 4.73. The van der Waals surface area contributed by atoms with Crippen molar-refractivity contribution in [2.45, 2.75) is 12.8 Å². The van der Waals surface area contributed by atoms with Gasteiger partial charge in [0.05, 0.1) is 30.3 Å². The van der Waals surface area contributed by atoms with E-state index in [0.29, 0.717) is 11.4 Å². The molecule has 1 heterocycles. The summed E-state index contributed by atoms with van der Waals surface area (Å²) >= 11 is 3.36. The third kappa shape index (κ3) is 1.97. The Kier molecular flexibility index (Phi) is 3.02. The molecule has 5 heteroatoms. The van der Waals surface area contributed by atoms with Crippen molar-refractivity contribution in [3.05, 3.63) is 28.7 Å². The molecule has 80 valence electrons. The lowest BCUT2D eigenvalue weighted by Gasteiger charge is -2.12. The second-order valence-corrected chi connectivity index (χ2v) is 4.19. The highest BCUT2D eigenvalue weighted by Crippen LogP contribution is 2.29. The van der Waals surface area contributed by atoms with E-state index in [-0.39, 0.29) is 18.7 Å². The Morgan fingerprint density at radius 3 is 2.94 bits per heavy atom. The van der Waals surface area contributed by atoms with E-state index in [1.165, 1.54) is 5.01 Å². The summed E-state index contributed by atoms with van der Waals surface area (Å²) in [7, 11) is 0. The summed E-state index contributed by atoms with van der Waals surface area (Å²) in [5.41, 5.74) is 1.32. The van der Waals surface area contributed by atoms with Gasteiger partial charge in [0, 0.05) is 4.47 Å². The van der Waals surface area contributed by atoms with Gasteiger partial charge in [0.15, 0.2) is 0 Å². The maximum atomic E-state index is 11.7. The third-order valence-corrected chi connectivity index (χ3v) is 2.87. The lowest BCUT2D eigenvalue weighted by molar-refractivity contribution is -0.116. The van der Waals surface area contributed by atoms with Gasteiger partial charge in [-0.1, -0.05) is 12.1 Å². The van der Waals surface area contributed by atoms with E-state index >= 15 is 0 Å². The Morgan fingerprint density at radius 2 is 2.25 bits per heavy atom. The minimum absolute atomic E-state index is 0.0999. The van der Waals surface area contributed by atoms with Crippen LogP contribution in [0.3, 0.4) is 0 Å². The van der Waals surface area contributed by atoms with E-state index in [1.807, 2.05) is 24.3 Å². The molecular formula is C11H8BrN3O. The molecule has 4 nitrogen and oxygen atoms in total. The number of benzene rings is 1. The first-order valence-corrected chi connectivity index (χ1v) is 5.52. The summed E-state index contributed by atoms with van der Waals surface area (Å²) in [6.07, 6.45) is 0.432. The number of rotatable bonds is 2. The predicted molar refractivity (Wildman–Crippen MR) is 63.9 cm³/mol. The highest BCUT2D eigenvalue weighted by atomic mass is 79.9. The van der Waals surface area contributed by atoms with E-state index in [0.717, 1.165) is 4.47 Å². The van der Waals surface area contributed by atoms with Gasteiger partial charge < -0.3 is 0 Å². The normalized spacial score (nSPS) is 14.9. The first kappa shape index (κ1) is 10.8. The van der Waals surface area contributed by atoms with Crippen molar-refractivity contribution in [3.8, 4) is 6.07 Å². The number of hydrogen-bond donors (Lipinski definition) is 0. The lowest BCUT2D eigenvalue weighted by Crippen LogP contribution is -2.19. The number of carbonyl (C=O) groups is 1. The molecule has 0 unspecified atom stereocenters. The van der Waals surface area contributed by atoms with E-state index in [2.05, 4.69) is 21.0 Å². The van der Waals surface area contributed by atoms with Gasteiger partial charge in [-0.15, -0.1) is 0 Å². The van der Waals surface area contributed by atoms with Crippen molar-refractivity contribution in [3.63, 3.8) is 0 Å². The fourth-order valence-corrected chi connectivity index (χ4v) is 1.94. The molecule has 0 aliphatic carbocycles. The van der Waals surface area contributed by atoms with Crippen LogP contribution in [0.4, 0.5) is 5.69 Å². The molecule has 1 aliphatic rings. The number of carbonyl (C=O) groups excluding carboxylic acids is 1. The average molecular weight is 278 g/mol. The topological polar surface area (TPSA) is 56.5 Å². The van der Waals surface area contributed by atoms with Gasteiger partial charge in [-0.05, 0) is 28.1 Å². The molecule has 0 fully saturated rings. The van der Waals surface area contributed by atoms with Gasteiger partial charge in [-0.25, -0.2) is 0 Å². The van der Waals surface area contributed by atoms with Crippen molar-refractivity contribution in [1.82, 2.24) is 0 Å². The molecule has 16 heavy (non-hydrogen) atoms. The summed E-state index contributed by atoms with van der Waals surface area (Å²) in [4.78, 5) is 11.7. The summed E-state index contributed by atoms with van der Waals surface area (Å²) < 4.78 is 0.810. The Balaban J connectivity index is 2.33. The van der Waals surface area contributed by atoms with Crippen LogP contribution in [0.1, 0.15) is 12.8 Å². The second-order valence-electron chi connectivity index (χ2n) is 3.33. The van der Waals surface area contributed by atoms with Crippen LogP contribution in [0.5, 0.6) is 0 Å². The largest absolute Gasteiger partial charge is 0.272 e. The molecule has 0 saturated heterocycles. The van der Waals surface area contributed by atoms with Crippen LogP contribution in [-0.4, -0.2) is 11.6 Å². The molecule has 0 spiro atoms. The number of anilines is 1. The fraction of sp³-hybridized carbons (Fsp3) is 0.182. The van der Waals surface area contributed by atoms with Crippen molar-refractivity contribution >= 4 is 33.2 Å². The zero-order valence-electron chi connectivity index (χ0n) is 8.35. The molecule has 0 aromatic heterocycles. The molecule has 1 amide bonds. The van der Waals surface area contributed by atoms with Crippen LogP contribution in [0.15, 0.2) is 33.8 Å². The van der Waals surface area contributed by atoms with Gasteiger partial charge in [-0.3, -0.25) is 4.79 Å². The summed E-state index contributed by atoms with van der Waals surface area (Å²) in [5, 5.41) is 14.0. The molecular weight excluding hydrogens is 270 g/mol. The summed E-state index contributed by atoms with van der Waals surface area (Å²) in [5.74, 6) is -0.0999. The van der Waals surface area contributed by atoms with E-state index in [4.69, 9.17) is 5.26 Å². The Labute approximate surface area is 101 Å². The summed E-state index contributed by atoms with van der Waals surface area (Å²) in [6, 6.07) is 9.36. The maximum Gasteiger partial charge on any atom is 0.253 e. The van der Waals surface area contributed by atoms with Crippen LogP contribution >= 0.6 is 15.9 Å². The van der Waals surface area contributed by atoms with E-state index in [1.54, 1.807) is 6.07 Å². The number of nitrogens with zero attached hydrogens (tertiary/aromatic N) is 3. The molecule has 0 saturated carbocycles. The van der Waals surface area contributed by atoms with Gasteiger partial charge in [-0.2, -0.15) is 15.4 Å². The van der Waals surface area contributed by atoms with Crippen LogP contribution < -0.4 is 5.01 Å². The van der Waals surface area contributed by atoms with Crippen LogP contribution in [-0.2, 0) is 4.79 Å². The van der Waals surface area contributed by atoms with E-state index < -0.39 is 0 Å². The summed E-state index contributed by atoms with van der Waals surface area (Å²) in [6.45, 7) is 0. The maximum absolute atomic E-state index is 11.7. The van der Waals surface area contributed by atoms with Gasteiger partial charge >= 0.3 is 0 Å². The molecule has 0 radical (unpaired) electrons. The third-order valence-electron chi connectivity index (χ3n) is 2.20. The van der Waals surface area contributed by atoms with Gasteiger partial charge in [0.1, 0.15) is 0 Å². The number of amides is 1. The van der Waals surface area contributed by atoms with Crippen molar-refractivity contribution < 1.29 is 4.79 Å². The number of nitriles is 1. The minimum atomic E-state index is -0.0999. The Morgan fingerprint density at radius 1 is 1.50 bits per heavy atom. The number of hydrazone groups is 1. The van der Waals surface area contributed by atoms with E-state index in [9.17, 15) is 4.79 Å². The molecule has 1 aromatic rings. The molecule has 1 aromatic carbocycles. The molecule has 0 atom stereocenters. The average Bonchev–Trinajstić information content (AvgIpc) is 2.61. The Bertz CT molecular complexity index is 504. The second kappa shape index (κ2) is 4.45. The predicted octanol–water partition coefficient (Wildman–Crippen LogP) is 2.46. The zero-order valence-corrected chi connectivity index (χ0v) is 9.94. The molecule has 0 bridgehead atoms. The van der Waals surface area contributed by atoms with Crippen LogP contribution in [0.25, 0.3) is 0 Å². The number of halogens is 1. The lowest BCUT2D eigenvalue weighted by atomic mass is 10.2. The van der Waals surface area contributed by atoms with Crippen LogP contribution in [0, 0.1) is 11.3 Å². The Hall–Kier alpha value is -1.67. The zero-order chi connectivity index (χ0) is 11.5. The standard InChI is InChI=1S/C11H8BrN3O/c12-9-3-1-2-4-10(9)15-11(16)7-8(14-15)5-6-13/h1-4H,5,7H2. The quantitative estimate of drug-likeness (QED) is 0.834. The van der Waals surface area contributed by atoms with Crippen LogP contribution in [0.2, 0.25) is 0 Å². The van der Waals surface area contributed by atoms with Gasteiger partial charge in [0.25, 0.3) is 5.91 Å². The first-order chi connectivity index (χ1) is 7.72.